The lowest BCUT2D eigenvalue weighted by Crippen LogP contribution is -2.48. The SMILES string of the molecule is FC(F)(F)c1cccc(NC(=S)NC2(CCc3ccccc3)CCCC2)c1. The second kappa shape index (κ2) is 8.30. The van der Waals surface area contributed by atoms with E-state index in [2.05, 4.69) is 22.8 Å². The third-order valence-electron chi connectivity index (χ3n) is 5.12. The first-order valence-electron chi connectivity index (χ1n) is 9.17. The molecule has 0 saturated heterocycles. The number of halogens is 3. The zero-order chi connectivity index (χ0) is 19.3. The summed E-state index contributed by atoms with van der Waals surface area (Å²) in [6.45, 7) is 0. The van der Waals surface area contributed by atoms with Crippen LogP contribution in [0, 0.1) is 0 Å². The molecule has 0 bridgehead atoms. The Kier molecular flexibility index (Phi) is 6.05. The first-order valence-corrected chi connectivity index (χ1v) is 9.58. The van der Waals surface area contributed by atoms with Crippen LogP contribution in [0.4, 0.5) is 18.9 Å². The lowest BCUT2D eigenvalue weighted by atomic mass is 9.89. The first-order chi connectivity index (χ1) is 12.9. The van der Waals surface area contributed by atoms with Gasteiger partial charge < -0.3 is 10.6 Å². The summed E-state index contributed by atoms with van der Waals surface area (Å²) in [5, 5.41) is 6.71. The van der Waals surface area contributed by atoms with Crippen molar-refractivity contribution in [3.63, 3.8) is 0 Å². The van der Waals surface area contributed by atoms with Crippen molar-refractivity contribution < 1.29 is 13.2 Å². The van der Waals surface area contributed by atoms with E-state index in [1.165, 1.54) is 11.6 Å². The molecule has 2 aromatic rings. The van der Waals surface area contributed by atoms with E-state index >= 15 is 0 Å². The number of benzene rings is 2. The molecule has 2 N–H and O–H groups in total. The van der Waals surface area contributed by atoms with Crippen molar-refractivity contribution >= 4 is 23.0 Å². The van der Waals surface area contributed by atoms with Crippen molar-refractivity contribution in [1.29, 1.82) is 0 Å². The molecule has 1 aliphatic rings. The number of hydrogen-bond donors (Lipinski definition) is 2. The van der Waals surface area contributed by atoms with Crippen molar-refractivity contribution in [1.82, 2.24) is 5.32 Å². The molecule has 1 aliphatic carbocycles. The fourth-order valence-corrected chi connectivity index (χ4v) is 4.03. The van der Waals surface area contributed by atoms with E-state index in [0.717, 1.165) is 50.7 Å². The summed E-state index contributed by atoms with van der Waals surface area (Å²) in [4.78, 5) is 0. The number of aryl methyl sites for hydroxylation is 1. The highest BCUT2D eigenvalue weighted by Crippen LogP contribution is 2.34. The molecule has 1 saturated carbocycles. The maximum absolute atomic E-state index is 12.9. The molecular formula is C21H23F3N2S. The molecule has 2 aromatic carbocycles. The maximum Gasteiger partial charge on any atom is 0.416 e. The zero-order valence-corrected chi connectivity index (χ0v) is 15.8. The summed E-state index contributed by atoms with van der Waals surface area (Å²) in [6, 6.07) is 15.4. The lowest BCUT2D eigenvalue weighted by Gasteiger charge is -2.32. The minimum Gasteiger partial charge on any atom is -0.357 e. The highest BCUT2D eigenvalue weighted by atomic mass is 32.1. The van der Waals surface area contributed by atoms with Crippen molar-refractivity contribution in [3.8, 4) is 0 Å². The van der Waals surface area contributed by atoms with Gasteiger partial charge in [-0.1, -0.05) is 49.2 Å². The molecule has 144 valence electrons. The fourth-order valence-electron chi connectivity index (χ4n) is 3.69. The van der Waals surface area contributed by atoms with Crippen LogP contribution in [0.15, 0.2) is 54.6 Å². The number of hydrogen-bond acceptors (Lipinski definition) is 1. The topological polar surface area (TPSA) is 24.1 Å². The Morgan fingerprint density at radius 3 is 2.37 bits per heavy atom. The van der Waals surface area contributed by atoms with E-state index in [-0.39, 0.29) is 5.54 Å². The van der Waals surface area contributed by atoms with Gasteiger partial charge in [0.05, 0.1) is 5.56 Å². The minimum absolute atomic E-state index is 0.0957. The molecule has 0 aliphatic heterocycles. The van der Waals surface area contributed by atoms with Gasteiger partial charge in [-0.05, 0) is 61.7 Å². The van der Waals surface area contributed by atoms with Crippen LogP contribution in [-0.2, 0) is 12.6 Å². The van der Waals surface area contributed by atoms with Crippen LogP contribution >= 0.6 is 12.2 Å². The Balaban J connectivity index is 1.63. The smallest absolute Gasteiger partial charge is 0.357 e. The molecule has 0 spiro atoms. The maximum atomic E-state index is 12.9. The number of nitrogens with one attached hydrogen (secondary N) is 2. The molecule has 1 fully saturated rings. The van der Waals surface area contributed by atoms with E-state index < -0.39 is 11.7 Å². The normalized spacial score (nSPS) is 16.1. The van der Waals surface area contributed by atoms with Crippen LogP contribution in [0.2, 0.25) is 0 Å². The average Bonchev–Trinajstić information content (AvgIpc) is 3.09. The molecule has 2 nitrogen and oxygen atoms in total. The van der Waals surface area contributed by atoms with Crippen molar-refractivity contribution in [2.75, 3.05) is 5.32 Å². The number of alkyl halides is 3. The van der Waals surface area contributed by atoms with Crippen LogP contribution in [0.3, 0.4) is 0 Å². The Hall–Kier alpha value is -2.08. The molecule has 0 aromatic heterocycles. The van der Waals surface area contributed by atoms with Gasteiger partial charge in [0.2, 0.25) is 0 Å². The summed E-state index contributed by atoms with van der Waals surface area (Å²) in [6.07, 6.45) is 1.83. The van der Waals surface area contributed by atoms with Crippen LogP contribution in [0.1, 0.15) is 43.2 Å². The Bertz CT molecular complexity index is 768. The Morgan fingerprint density at radius 2 is 1.70 bits per heavy atom. The molecule has 0 amide bonds. The molecule has 0 radical (unpaired) electrons. The van der Waals surface area contributed by atoms with E-state index in [9.17, 15) is 13.2 Å². The highest BCUT2D eigenvalue weighted by Gasteiger charge is 2.34. The van der Waals surface area contributed by atoms with E-state index in [1.54, 1.807) is 6.07 Å². The van der Waals surface area contributed by atoms with Gasteiger partial charge in [0.1, 0.15) is 0 Å². The molecule has 27 heavy (non-hydrogen) atoms. The third kappa shape index (κ3) is 5.45. The standard InChI is InChI=1S/C21H23F3N2S/c22-21(23,24)17-9-6-10-18(15-17)25-19(27)26-20(12-4-5-13-20)14-11-16-7-2-1-3-8-16/h1-3,6-10,15H,4-5,11-14H2,(H2,25,26,27). The third-order valence-corrected chi connectivity index (χ3v) is 5.33. The van der Waals surface area contributed by atoms with Crippen molar-refractivity contribution in [3.05, 3.63) is 65.7 Å². The van der Waals surface area contributed by atoms with Crippen molar-refractivity contribution in [2.24, 2.45) is 0 Å². The quantitative estimate of drug-likeness (QED) is 0.616. The summed E-state index contributed by atoms with van der Waals surface area (Å²) in [5.41, 5.74) is 0.845. The fraction of sp³-hybridized carbons (Fsp3) is 0.381. The van der Waals surface area contributed by atoms with Gasteiger partial charge in [0, 0.05) is 11.2 Å². The number of rotatable bonds is 5. The second-order valence-corrected chi connectivity index (χ2v) is 7.54. The molecule has 3 rings (SSSR count). The van der Waals surface area contributed by atoms with E-state index in [1.807, 2.05) is 18.2 Å². The van der Waals surface area contributed by atoms with Crippen molar-refractivity contribution in [2.45, 2.75) is 50.2 Å². The second-order valence-electron chi connectivity index (χ2n) is 7.13. The molecule has 6 heteroatoms. The van der Waals surface area contributed by atoms with Crippen LogP contribution in [0.25, 0.3) is 0 Å². The minimum atomic E-state index is -4.37. The monoisotopic (exact) mass is 392 g/mol. The molecule has 0 heterocycles. The zero-order valence-electron chi connectivity index (χ0n) is 15.0. The van der Waals surface area contributed by atoms with Gasteiger partial charge in [-0.3, -0.25) is 0 Å². The molecular weight excluding hydrogens is 369 g/mol. The predicted molar refractivity (Wildman–Crippen MR) is 107 cm³/mol. The summed E-state index contributed by atoms with van der Waals surface area (Å²) < 4.78 is 38.6. The average molecular weight is 392 g/mol. The summed E-state index contributed by atoms with van der Waals surface area (Å²) in [7, 11) is 0. The lowest BCUT2D eigenvalue weighted by molar-refractivity contribution is -0.137. The van der Waals surface area contributed by atoms with Crippen LogP contribution in [0.5, 0.6) is 0 Å². The highest BCUT2D eigenvalue weighted by molar-refractivity contribution is 7.80. The van der Waals surface area contributed by atoms with Gasteiger partial charge in [-0.25, -0.2) is 0 Å². The van der Waals surface area contributed by atoms with E-state index in [0.29, 0.717) is 10.8 Å². The predicted octanol–water partition coefficient (Wildman–Crippen LogP) is 5.94. The van der Waals surface area contributed by atoms with Crippen LogP contribution < -0.4 is 10.6 Å². The summed E-state index contributed by atoms with van der Waals surface area (Å²) >= 11 is 5.41. The van der Waals surface area contributed by atoms with Gasteiger partial charge in [-0.2, -0.15) is 13.2 Å². The van der Waals surface area contributed by atoms with Gasteiger partial charge in [0.25, 0.3) is 0 Å². The van der Waals surface area contributed by atoms with Crippen LogP contribution in [-0.4, -0.2) is 10.7 Å². The largest absolute Gasteiger partial charge is 0.416 e. The van der Waals surface area contributed by atoms with Gasteiger partial charge in [-0.15, -0.1) is 0 Å². The molecule has 0 unspecified atom stereocenters. The molecule has 0 atom stereocenters. The van der Waals surface area contributed by atoms with E-state index in [4.69, 9.17) is 12.2 Å². The van der Waals surface area contributed by atoms with Gasteiger partial charge >= 0.3 is 6.18 Å². The Labute approximate surface area is 163 Å². The number of thiocarbonyl (C=S) groups is 1. The first kappa shape index (κ1) is 19.7. The Morgan fingerprint density at radius 1 is 1.00 bits per heavy atom. The summed E-state index contributed by atoms with van der Waals surface area (Å²) in [5.74, 6) is 0. The van der Waals surface area contributed by atoms with Gasteiger partial charge in [0.15, 0.2) is 5.11 Å². The number of anilines is 1.